The van der Waals surface area contributed by atoms with E-state index in [-0.39, 0.29) is 22.9 Å². The number of fused-ring (bicyclic) bond motifs is 1. The molecule has 0 fully saturated rings. The number of hydrogen-bond acceptors (Lipinski definition) is 6. The summed E-state index contributed by atoms with van der Waals surface area (Å²) in [5, 5.41) is 11.6. The van der Waals surface area contributed by atoms with E-state index < -0.39 is 11.9 Å². The summed E-state index contributed by atoms with van der Waals surface area (Å²) in [4.78, 5) is 29.0. The van der Waals surface area contributed by atoms with Gasteiger partial charge in [0.25, 0.3) is 5.91 Å². The van der Waals surface area contributed by atoms with Gasteiger partial charge in [-0.05, 0) is 32.0 Å². The van der Waals surface area contributed by atoms with E-state index in [0.29, 0.717) is 23.6 Å². The van der Waals surface area contributed by atoms with Gasteiger partial charge in [-0.15, -0.1) is 0 Å². The number of anilines is 1. The number of ether oxygens (including phenoxy) is 1. The van der Waals surface area contributed by atoms with Gasteiger partial charge in [-0.1, -0.05) is 23.7 Å². The number of rotatable bonds is 6. The Morgan fingerprint density at radius 1 is 1.23 bits per heavy atom. The van der Waals surface area contributed by atoms with Crippen molar-refractivity contribution in [2.75, 3.05) is 11.9 Å². The fraction of sp³-hybridized carbons (Fsp3) is 0.190. The van der Waals surface area contributed by atoms with E-state index in [1.165, 1.54) is 6.20 Å². The Labute approximate surface area is 182 Å². The van der Waals surface area contributed by atoms with E-state index >= 15 is 0 Å². The van der Waals surface area contributed by atoms with Gasteiger partial charge >= 0.3 is 5.97 Å². The van der Waals surface area contributed by atoms with Gasteiger partial charge in [-0.25, -0.2) is 14.3 Å². The standard InChI is InChI=1S/C21H19ClN6O3/c1-3-27-12-16(22)18(26-27)20(29)25-14-7-5-6-13(10-14)17-8-9-23-19-15(11-24-28(17)19)21(30)31-4-2/h5-12H,3-4H2,1-2H3,(H,25,29). The van der Waals surface area contributed by atoms with Crippen molar-refractivity contribution < 1.29 is 14.3 Å². The summed E-state index contributed by atoms with van der Waals surface area (Å²) in [7, 11) is 0. The Kier molecular flexibility index (Phi) is 5.68. The van der Waals surface area contributed by atoms with Crippen LogP contribution in [0.3, 0.4) is 0 Å². The van der Waals surface area contributed by atoms with Crippen LogP contribution in [0.15, 0.2) is 48.9 Å². The smallest absolute Gasteiger partial charge is 0.343 e. The van der Waals surface area contributed by atoms with Crippen LogP contribution < -0.4 is 5.32 Å². The lowest BCUT2D eigenvalue weighted by atomic mass is 10.1. The molecule has 1 aromatic carbocycles. The van der Waals surface area contributed by atoms with E-state index in [0.717, 1.165) is 5.56 Å². The minimum atomic E-state index is -0.480. The first-order valence-electron chi connectivity index (χ1n) is 9.66. The summed E-state index contributed by atoms with van der Waals surface area (Å²) >= 11 is 6.13. The number of halogens is 1. The third-order valence-corrected chi connectivity index (χ3v) is 4.85. The lowest BCUT2D eigenvalue weighted by Crippen LogP contribution is -2.13. The average molecular weight is 439 g/mol. The summed E-state index contributed by atoms with van der Waals surface area (Å²) in [5.41, 5.74) is 2.87. The molecule has 10 heteroatoms. The van der Waals surface area contributed by atoms with Crippen LogP contribution in [0.25, 0.3) is 16.9 Å². The van der Waals surface area contributed by atoms with Crippen LogP contribution in [0.5, 0.6) is 0 Å². The molecule has 4 rings (SSSR count). The highest BCUT2D eigenvalue weighted by Gasteiger charge is 2.18. The zero-order valence-electron chi connectivity index (χ0n) is 16.9. The van der Waals surface area contributed by atoms with E-state index in [2.05, 4.69) is 20.5 Å². The first kappa shape index (κ1) is 20.5. The molecule has 0 radical (unpaired) electrons. The fourth-order valence-corrected chi connectivity index (χ4v) is 3.36. The van der Waals surface area contributed by atoms with Crippen molar-refractivity contribution in [3.8, 4) is 11.3 Å². The molecule has 0 unspecified atom stereocenters. The van der Waals surface area contributed by atoms with Crippen molar-refractivity contribution in [1.29, 1.82) is 0 Å². The van der Waals surface area contributed by atoms with Gasteiger partial charge in [-0.3, -0.25) is 9.48 Å². The molecular weight excluding hydrogens is 420 g/mol. The second kappa shape index (κ2) is 8.57. The quantitative estimate of drug-likeness (QED) is 0.460. The van der Waals surface area contributed by atoms with Crippen LogP contribution >= 0.6 is 11.6 Å². The molecule has 0 saturated carbocycles. The zero-order valence-corrected chi connectivity index (χ0v) is 17.6. The number of nitrogens with zero attached hydrogens (tertiary/aromatic N) is 5. The molecule has 1 amide bonds. The zero-order chi connectivity index (χ0) is 22.0. The maximum atomic E-state index is 12.6. The summed E-state index contributed by atoms with van der Waals surface area (Å²) in [6.07, 6.45) is 4.64. The van der Waals surface area contributed by atoms with Crippen molar-refractivity contribution in [1.82, 2.24) is 24.4 Å². The predicted octanol–water partition coefficient (Wildman–Crippen LogP) is 3.70. The Morgan fingerprint density at radius 3 is 2.81 bits per heavy atom. The molecule has 0 spiro atoms. The van der Waals surface area contributed by atoms with E-state index in [9.17, 15) is 9.59 Å². The molecule has 0 aliphatic heterocycles. The molecule has 0 aliphatic rings. The predicted molar refractivity (Wildman–Crippen MR) is 115 cm³/mol. The molecule has 3 heterocycles. The summed E-state index contributed by atoms with van der Waals surface area (Å²) in [5.74, 6) is -0.885. The third kappa shape index (κ3) is 3.99. The van der Waals surface area contributed by atoms with Crippen LogP contribution in [0.4, 0.5) is 5.69 Å². The molecule has 3 aromatic heterocycles. The number of nitrogens with one attached hydrogen (secondary N) is 1. The SMILES string of the molecule is CCOC(=O)c1cnn2c(-c3cccc(NC(=O)c4nn(CC)cc4Cl)c3)ccnc12. The van der Waals surface area contributed by atoms with Crippen LogP contribution in [-0.2, 0) is 11.3 Å². The molecular formula is C21H19ClN6O3. The maximum absolute atomic E-state index is 12.6. The van der Waals surface area contributed by atoms with Crippen molar-refractivity contribution in [2.45, 2.75) is 20.4 Å². The summed E-state index contributed by atoms with van der Waals surface area (Å²) in [6.45, 7) is 4.52. The highest BCUT2D eigenvalue weighted by molar-refractivity contribution is 6.34. The normalized spacial score (nSPS) is 10.9. The van der Waals surface area contributed by atoms with Gasteiger partial charge < -0.3 is 10.1 Å². The van der Waals surface area contributed by atoms with E-state index in [4.69, 9.17) is 16.3 Å². The van der Waals surface area contributed by atoms with Gasteiger partial charge in [0.15, 0.2) is 11.3 Å². The molecule has 0 bridgehead atoms. The number of amides is 1. The van der Waals surface area contributed by atoms with E-state index in [1.54, 1.807) is 52.8 Å². The monoisotopic (exact) mass is 438 g/mol. The third-order valence-electron chi connectivity index (χ3n) is 4.57. The number of benzene rings is 1. The van der Waals surface area contributed by atoms with Crippen LogP contribution in [0.2, 0.25) is 5.02 Å². The highest BCUT2D eigenvalue weighted by atomic mass is 35.5. The van der Waals surface area contributed by atoms with E-state index in [1.807, 2.05) is 13.0 Å². The molecule has 9 nitrogen and oxygen atoms in total. The topological polar surface area (TPSA) is 103 Å². The highest BCUT2D eigenvalue weighted by Crippen LogP contribution is 2.25. The van der Waals surface area contributed by atoms with Gasteiger partial charge in [0, 0.05) is 30.2 Å². The average Bonchev–Trinajstić information content (AvgIpc) is 3.37. The molecule has 31 heavy (non-hydrogen) atoms. The van der Waals surface area contributed by atoms with Crippen LogP contribution in [0.1, 0.15) is 34.7 Å². The van der Waals surface area contributed by atoms with Crippen molar-refractivity contribution in [3.63, 3.8) is 0 Å². The van der Waals surface area contributed by atoms with Gasteiger partial charge in [0.2, 0.25) is 0 Å². The van der Waals surface area contributed by atoms with Gasteiger partial charge in [0.05, 0.1) is 23.5 Å². The number of esters is 1. The number of aryl methyl sites for hydroxylation is 1. The molecule has 0 atom stereocenters. The number of hydrogen-bond donors (Lipinski definition) is 1. The lowest BCUT2D eigenvalue weighted by Gasteiger charge is -2.08. The second-order valence-corrected chi connectivity index (χ2v) is 6.97. The van der Waals surface area contributed by atoms with Crippen LogP contribution in [0, 0.1) is 0 Å². The largest absolute Gasteiger partial charge is 0.462 e. The Bertz CT molecular complexity index is 1280. The minimum Gasteiger partial charge on any atom is -0.462 e. The first-order chi connectivity index (χ1) is 15.0. The molecule has 4 aromatic rings. The Morgan fingerprint density at radius 2 is 2.06 bits per heavy atom. The number of carbonyl (C=O) groups is 2. The molecule has 158 valence electrons. The summed E-state index contributed by atoms with van der Waals surface area (Å²) in [6, 6.07) is 9.00. The van der Waals surface area contributed by atoms with Crippen molar-refractivity contribution in [3.05, 3.63) is 65.2 Å². The number of aromatic nitrogens is 5. The Balaban J connectivity index is 1.65. The fourth-order valence-electron chi connectivity index (χ4n) is 3.12. The minimum absolute atomic E-state index is 0.159. The van der Waals surface area contributed by atoms with Gasteiger partial charge in [-0.2, -0.15) is 10.2 Å². The Hall–Kier alpha value is -3.72. The molecule has 0 aliphatic carbocycles. The first-order valence-corrected chi connectivity index (χ1v) is 10.0. The maximum Gasteiger partial charge on any atom is 0.343 e. The second-order valence-electron chi connectivity index (χ2n) is 6.56. The van der Waals surface area contributed by atoms with Crippen LogP contribution in [-0.4, -0.2) is 42.9 Å². The molecule has 1 N–H and O–H groups in total. The molecule has 0 saturated heterocycles. The lowest BCUT2D eigenvalue weighted by molar-refractivity contribution is 0.0528. The van der Waals surface area contributed by atoms with Crippen molar-refractivity contribution >= 4 is 34.8 Å². The van der Waals surface area contributed by atoms with Gasteiger partial charge in [0.1, 0.15) is 5.56 Å². The summed E-state index contributed by atoms with van der Waals surface area (Å²) < 4.78 is 8.23. The van der Waals surface area contributed by atoms with Crippen molar-refractivity contribution in [2.24, 2.45) is 0 Å². The number of carbonyl (C=O) groups excluding carboxylic acids is 2.